The number of hydrogen-bond acceptors (Lipinski definition) is 2. The summed E-state index contributed by atoms with van der Waals surface area (Å²) in [4.78, 5) is 25.6. The first-order valence-electron chi connectivity index (χ1n) is 5.53. The molecule has 0 amide bonds. The lowest BCUT2D eigenvalue weighted by molar-refractivity contribution is 0.0691. The van der Waals surface area contributed by atoms with Crippen molar-refractivity contribution < 1.29 is 14.7 Å². The van der Waals surface area contributed by atoms with Gasteiger partial charge in [-0.25, -0.2) is 4.79 Å². The van der Waals surface area contributed by atoms with Crippen molar-refractivity contribution in [3.8, 4) is 0 Å². The zero-order valence-corrected chi connectivity index (χ0v) is 10.2. The number of aromatic carboxylic acids is 1. The zero-order valence-electron chi connectivity index (χ0n) is 10.2. The monoisotopic (exact) mass is 243 g/mol. The Hall–Kier alpha value is -2.36. The van der Waals surface area contributed by atoms with Gasteiger partial charge in [0, 0.05) is 17.3 Å². The summed E-state index contributed by atoms with van der Waals surface area (Å²) >= 11 is 0. The van der Waals surface area contributed by atoms with Crippen LogP contribution in [0.2, 0.25) is 0 Å². The average Bonchev–Trinajstić information content (AvgIpc) is 2.81. The number of nitrogens with one attached hydrogen (secondary N) is 1. The van der Waals surface area contributed by atoms with Gasteiger partial charge in [0.1, 0.15) is 5.69 Å². The van der Waals surface area contributed by atoms with Gasteiger partial charge in [-0.2, -0.15) is 0 Å². The number of ketones is 1. The normalized spacial score (nSPS) is 10.3. The molecule has 2 aromatic rings. The third-order valence-corrected chi connectivity index (χ3v) is 3.02. The molecule has 0 aliphatic heterocycles. The highest BCUT2D eigenvalue weighted by atomic mass is 16.4. The third-order valence-electron chi connectivity index (χ3n) is 3.02. The van der Waals surface area contributed by atoms with Crippen LogP contribution in [-0.2, 0) is 0 Å². The van der Waals surface area contributed by atoms with Crippen LogP contribution in [-0.4, -0.2) is 21.8 Å². The molecule has 0 aliphatic carbocycles. The van der Waals surface area contributed by atoms with Gasteiger partial charge in [0.15, 0.2) is 5.78 Å². The third kappa shape index (κ3) is 2.05. The zero-order chi connectivity index (χ0) is 13.3. The topological polar surface area (TPSA) is 70.2 Å². The molecule has 0 aliphatic rings. The minimum absolute atomic E-state index is 0.0173. The van der Waals surface area contributed by atoms with E-state index >= 15 is 0 Å². The van der Waals surface area contributed by atoms with E-state index in [1.54, 1.807) is 6.07 Å². The lowest BCUT2D eigenvalue weighted by Gasteiger charge is -2.05. The van der Waals surface area contributed by atoms with Crippen molar-refractivity contribution in [1.29, 1.82) is 0 Å². The number of aromatic nitrogens is 1. The molecule has 0 unspecified atom stereocenters. The van der Waals surface area contributed by atoms with Crippen molar-refractivity contribution in [2.24, 2.45) is 0 Å². The van der Waals surface area contributed by atoms with E-state index in [0.29, 0.717) is 11.1 Å². The Balaban J connectivity index is 2.41. The molecule has 2 N–H and O–H groups in total. The number of carbonyl (C=O) groups excluding carboxylic acids is 1. The van der Waals surface area contributed by atoms with Crippen molar-refractivity contribution in [2.75, 3.05) is 0 Å². The van der Waals surface area contributed by atoms with Crippen molar-refractivity contribution >= 4 is 11.8 Å². The van der Waals surface area contributed by atoms with Crippen LogP contribution in [0.5, 0.6) is 0 Å². The second kappa shape index (κ2) is 4.49. The molecule has 92 valence electrons. The molecule has 0 saturated carbocycles. The number of carbonyl (C=O) groups is 2. The maximum absolute atomic E-state index is 12.2. The lowest BCUT2D eigenvalue weighted by atomic mass is 9.97. The molecule has 1 aromatic heterocycles. The van der Waals surface area contributed by atoms with Gasteiger partial charge >= 0.3 is 5.97 Å². The van der Waals surface area contributed by atoms with Gasteiger partial charge in [-0.05, 0) is 31.0 Å². The summed E-state index contributed by atoms with van der Waals surface area (Å²) in [6, 6.07) is 6.86. The van der Waals surface area contributed by atoms with Crippen LogP contribution in [0.3, 0.4) is 0 Å². The summed E-state index contributed by atoms with van der Waals surface area (Å²) in [5, 5.41) is 8.81. The molecule has 0 fully saturated rings. The summed E-state index contributed by atoms with van der Waals surface area (Å²) in [7, 11) is 0. The van der Waals surface area contributed by atoms with E-state index in [2.05, 4.69) is 4.98 Å². The predicted octanol–water partition coefficient (Wildman–Crippen LogP) is 2.56. The van der Waals surface area contributed by atoms with Crippen LogP contribution < -0.4 is 0 Å². The van der Waals surface area contributed by atoms with Crippen molar-refractivity contribution in [3.63, 3.8) is 0 Å². The standard InChI is InChI=1S/C14H13NO3/c1-8-4-3-5-11(9(8)2)13(16)10-6-12(14(17)18)15-7-10/h3-7,15H,1-2H3,(H,17,18). The Morgan fingerprint density at radius 1 is 1.22 bits per heavy atom. The molecular weight excluding hydrogens is 230 g/mol. The minimum Gasteiger partial charge on any atom is -0.477 e. The molecule has 4 nitrogen and oxygen atoms in total. The Morgan fingerprint density at radius 2 is 1.94 bits per heavy atom. The van der Waals surface area contributed by atoms with Crippen LogP contribution in [0.1, 0.15) is 37.5 Å². The maximum Gasteiger partial charge on any atom is 0.352 e. The van der Waals surface area contributed by atoms with Crippen LogP contribution >= 0.6 is 0 Å². The Bertz CT molecular complexity index is 626. The Labute approximate surface area is 104 Å². The molecule has 2 rings (SSSR count). The number of hydrogen-bond donors (Lipinski definition) is 2. The average molecular weight is 243 g/mol. The first-order valence-corrected chi connectivity index (χ1v) is 5.53. The highest BCUT2D eigenvalue weighted by Crippen LogP contribution is 2.17. The highest BCUT2D eigenvalue weighted by molar-refractivity contribution is 6.10. The van der Waals surface area contributed by atoms with E-state index in [9.17, 15) is 9.59 Å². The molecule has 0 bridgehead atoms. The molecule has 1 aromatic carbocycles. The Kier molecular flexibility index (Phi) is 3.02. The fraction of sp³-hybridized carbons (Fsp3) is 0.143. The smallest absolute Gasteiger partial charge is 0.352 e. The number of rotatable bonds is 3. The molecule has 0 spiro atoms. The highest BCUT2D eigenvalue weighted by Gasteiger charge is 2.16. The van der Waals surface area contributed by atoms with E-state index in [1.807, 2.05) is 26.0 Å². The first kappa shape index (κ1) is 12.1. The predicted molar refractivity (Wildman–Crippen MR) is 67.1 cm³/mol. The van der Waals surface area contributed by atoms with E-state index < -0.39 is 5.97 Å². The molecular formula is C14H13NO3. The molecule has 1 heterocycles. The maximum atomic E-state index is 12.2. The van der Waals surface area contributed by atoms with Crippen molar-refractivity contribution in [1.82, 2.24) is 4.98 Å². The molecule has 0 saturated heterocycles. The number of benzene rings is 1. The first-order chi connectivity index (χ1) is 8.50. The van der Waals surface area contributed by atoms with Gasteiger partial charge in [0.2, 0.25) is 0 Å². The summed E-state index contributed by atoms with van der Waals surface area (Å²) in [5.41, 5.74) is 2.94. The van der Waals surface area contributed by atoms with Crippen LogP contribution in [0.15, 0.2) is 30.5 Å². The van der Waals surface area contributed by atoms with Crippen LogP contribution in [0.4, 0.5) is 0 Å². The number of carboxylic acids is 1. The van der Waals surface area contributed by atoms with Crippen molar-refractivity contribution in [3.05, 3.63) is 58.4 Å². The molecule has 0 radical (unpaired) electrons. The largest absolute Gasteiger partial charge is 0.477 e. The number of aryl methyl sites for hydroxylation is 1. The molecule has 0 atom stereocenters. The Morgan fingerprint density at radius 3 is 2.56 bits per heavy atom. The summed E-state index contributed by atoms with van der Waals surface area (Å²) in [6.45, 7) is 3.82. The summed E-state index contributed by atoms with van der Waals surface area (Å²) < 4.78 is 0. The summed E-state index contributed by atoms with van der Waals surface area (Å²) in [6.07, 6.45) is 1.42. The number of carboxylic acid groups (broad SMARTS) is 1. The van der Waals surface area contributed by atoms with Crippen LogP contribution in [0, 0.1) is 13.8 Å². The van der Waals surface area contributed by atoms with E-state index in [0.717, 1.165) is 11.1 Å². The van der Waals surface area contributed by atoms with Gasteiger partial charge in [-0.1, -0.05) is 18.2 Å². The SMILES string of the molecule is Cc1cccc(C(=O)c2c[nH]c(C(=O)O)c2)c1C. The van der Waals surface area contributed by atoms with Gasteiger partial charge in [-0.3, -0.25) is 4.79 Å². The van der Waals surface area contributed by atoms with Gasteiger partial charge in [0.05, 0.1) is 0 Å². The quantitative estimate of drug-likeness (QED) is 0.814. The fourth-order valence-corrected chi connectivity index (χ4v) is 1.80. The molecule has 18 heavy (non-hydrogen) atoms. The summed E-state index contributed by atoms with van der Waals surface area (Å²) in [5.74, 6) is -1.24. The number of H-pyrrole nitrogens is 1. The van der Waals surface area contributed by atoms with Crippen LogP contribution in [0.25, 0.3) is 0 Å². The van der Waals surface area contributed by atoms with E-state index in [4.69, 9.17) is 5.11 Å². The second-order valence-electron chi connectivity index (χ2n) is 4.18. The van der Waals surface area contributed by atoms with Gasteiger partial charge in [-0.15, -0.1) is 0 Å². The van der Waals surface area contributed by atoms with Crippen molar-refractivity contribution in [2.45, 2.75) is 13.8 Å². The lowest BCUT2D eigenvalue weighted by Crippen LogP contribution is -2.03. The van der Waals surface area contributed by atoms with E-state index in [1.165, 1.54) is 12.3 Å². The second-order valence-corrected chi connectivity index (χ2v) is 4.18. The number of aromatic amines is 1. The molecule has 4 heteroatoms. The fourth-order valence-electron chi connectivity index (χ4n) is 1.80. The minimum atomic E-state index is -1.07. The van der Waals surface area contributed by atoms with Gasteiger partial charge < -0.3 is 10.1 Å². The van der Waals surface area contributed by atoms with E-state index in [-0.39, 0.29) is 11.5 Å². The van der Waals surface area contributed by atoms with Gasteiger partial charge in [0.25, 0.3) is 0 Å².